The van der Waals surface area contributed by atoms with Crippen molar-refractivity contribution >= 4 is 18.0 Å². The van der Waals surface area contributed by atoms with E-state index in [0.29, 0.717) is 5.56 Å². The standard InChI is InChI=1S/C16H20N5O4.Y/c1-6-23-16(22)25-12(4)24-14(17-15-18-19-20-21(15)5)13-8-7-10(2)9-11(13)3;/h7-8,12H,6H2,1-5H3;/q-1;. The fourth-order valence-corrected chi connectivity index (χ4v) is 2.00. The molecule has 0 spiro atoms. The van der Waals surface area contributed by atoms with Crippen molar-refractivity contribution in [1.82, 2.24) is 20.2 Å². The first kappa shape index (κ1) is 22.2. The second kappa shape index (κ2) is 10.3. The zero-order valence-corrected chi connectivity index (χ0v) is 18.2. The average molecular weight is 435 g/mol. The van der Waals surface area contributed by atoms with Crippen molar-refractivity contribution in [3.8, 4) is 0 Å². The minimum atomic E-state index is -0.917. The Labute approximate surface area is 177 Å². The molecule has 0 saturated carbocycles. The maximum absolute atomic E-state index is 11.4. The predicted octanol–water partition coefficient (Wildman–Crippen LogP) is 2.24. The average Bonchev–Trinajstić information content (AvgIpc) is 2.92. The van der Waals surface area contributed by atoms with Crippen molar-refractivity contribution in [3.63, 3.8) is 0 Å². The van der Waals surface area contributed by atoms with Gasteiger partial charge < -0.3 is 14.2 Å². The maximum Gasteiger partial charge on any atom is 0.511 e. The van der Waals surface area contributed by atoms with Crippen LogP contribution in [0.1, 0.15) is 30.5 Å². The van der Waals surface area contributed by atoms with Crippen LogP contribution in [0.4, 0.5) is 10.7 Å². The van der Waals surface area contributed by atoms with Gasteiger partial charge in [-0.25, -0.2) is 9.48 Å². The van der Waals surface area contributed by atoms with Crippen LogP contribution < -0.4 is 0 Å². The van der Waals surface area contributed by atoms with Crippen LogP contribution in [0, 0.1) is 19.9 Å². The second-order valence-corrected chi connectivity index (χ2v) is 5.19. The van der Waals surface area contributed by atoms with Crippen molar-refractivity contribution in [2.24, 2.45) is 12.0 Å². The Kier molecular flexibility index (Phi) is 8.80. The normalized spacial score (nSPS) is 12.1. The van der Waals surface area contributed by atoms with Gasteiger partial charge >= 0.3 is 6.16 Å². The number of carbonyl (C=O) groups excluding carboxylic acids is 1. The summed E-state index contributed by atoms with van der Waals surface area (Å²) in [5.74, 6) is 0.460. The number of tetrazole rings is 1. The number of nitrogens with zero attached hydrogens (tertiary/aromatic N) is 5. The molecule has 0 aliphatic carbocycles. The van der Waals surface area contributed by atoms with Crippen molar-refractivity contribution < 1.29 is 51.7 Å². The molecule has 137 valence electrons. The summed E-state index contributed by atoms with van der Waals surface area (Å²) in [7, 11) is 1.66. The topological polar surface area (TPSA) is 101 Å². The molecule has 0 aliphatic heterocycles. The third-order valence-electron chi connectivity index (χ3n) is 3.12. The van der Waals surface area contributed by atoms with Crippen LogP contribution in [0.15, 0.2) is 17.1 Å². The van der Waals surface area contributed by atoms with Crippen LogP contribution in [-0.2, 0) is 54.0 Å². The van der Waals surface area contributed by atoms with Crippen molar-refractivity contribution in [2.75, 3.05) is 6.61 Å². The van der Waals surface area contributed by atoms with Gasteiger partial charge in [0, 0.05) is 46.7 Å². The van der Waals surface area contributed by atoms with E-state index < -0.39 is 12.4 Å². The third-order valence-corrected chi connectivity index (χ3v) is 3.12. The second-order valence-electron chi connectivity index (χ2n) is 5.19. The van der Waals surface area contributed by atoms with Gasteiger partial charge in [-0.05, 0) is 17.4 Å². The third kappa shape index (κ3) is 6.14. The van der Waals surface area contributed by atoms with Crippen LogP contribution in [0.3, 0.4) is 0 Å². The van der Waals surface area contributed by atoms with Crippen LogP contribution in [0.25, 0.3) is 0 Å². The quantitative estimate of drug-likeness (QED) is 0.233. The molecule has 26 heavy (non-hydrogen) atoms. The maximum atomic E-state index is 11.4. The van der Waals surface area contributed by atoms with Crippen LogP contribution in [0.5, 0.6) is 0 Å². The van der Waals surface area contributed by atoms with Crippen molar-refractivity contribution in [3.05, 3.63) is 34.9 Å². The predicted molar refractivity (Wildman–Crippen MR) is 88.4 cm³/mol. The Hall–Kier alpha value is -1.87. The molecule has 2 rings (SSSR count). The van der Waals surface area contributed by atoms with E-state index in [1.54, 1.807) is 20.9 Å². The number of ether oxygens (including phenoxy) is 3. The first-order chi connectivity index (χ1) is 11.9. The van der Waals surface area contributed by atoms with E-state index in [2.05, 4.69) is 26.6 Å². The van der Waals surface area contributed by atoms with Crippen LogP contribution in [-0.4, -0.2) is 45.2 Å². The summed E-state index contributed by atoms with van der Waals surface area (Å²) < 4.78 is 16.9. The van der Waals surface area contributed by atoms with Gasteiger partial charge in [0.05, 0.1) is 6.61 Å². The first-order valence-electron chi connectivity index (χ1n) is 7.71. The molecule has 1 heterocycles. The molecule has 1 aromatic carbocycles. The number of rotatable bonds is 5. The van der Waals surface area contributed by atoms with Gasteiger partial charge in [0.25, 0.3) is 5.95 Å². The number of benzene rings is 1. The van der Waals surface area contributed by atoms with E-state index in [9.17, 15) is 4.79 Å². The van der Waals surface area contributed by atoms with E-state index in [0.717, 1.165) is 11.1 Å². The Bertz CT molecular complexity index is 778. The molecule has 0 bridgehead atoms. The number of aromatic nitrogens is 4. The minimum Gasteiger partial charge on any atom is -0.448 e. The molecule has 1 unspecified atom stereocenters. The summed E-state index contributed by atoms with van der Waals surface area (Å²) in [4.78, 5) is 15.8. The van der Waals surface area contributed by atoms with E-state index in [1.807, 2.05) is 26.0 Å². The molecule has 0 aliphatic rings. The number of hydrogen-bond acceptors (Lipinski definition) is 8. The minimum absolute atomic E-state index is 0. The molecular formula is C16H20N5O4Y-. The van der Waals surface area contributed by atoms with Gasteiger partial charge in [0.1, 0.15) is 0 Å². The van der Waals surface area contributed by atoms with E-state index in [4.69, 9.17) is 14.2 Å². The molecule has 9 nitrogen and oxygen atoms in total. The van der Waals surface area contributed by atoms with Crippen LogP contribution >= 0.6 is 0 Å². The van der Waals surface area contributed by atoms with Gasteiger partial charge in [0.15, 0.2) is 5.90 Å². The van der Waals surface area contributed by atoms with Gasteiger partial charge in [-0.1, -0.05) is 24.5 Å². The van der Waals surface area contributed by atoms with Gasteiger partial charge in [-0.3, -0.25) is 0 Å². The Morgan fingerprint density at radius 3 is 2.65 bits per heavy atom. The van der Waals surface area contributed by atoms with Crippen molar-refractivity contribution in [1.29, 1.82) is 0 Å². The van der Waals surface area contributed by atoms with Gasteiger partial charge in [-0.2, -0.15) is 34.3 Å². The zero-order chi connectivity index (χ0) is 18.4. The van der Waals surface area contributed by atoms with E-state index >= 15 is 0 Å². The summed E-state index contributed by atoms with van der Waals surface area (Å²) in [6.07, 6.45) is -1.73. The molecule has 0 saturated heterocycles. The van der Waals surface area contributed by atoms with Gasteiger partial charge in [-0.15, -0.1) is 0 Å². The number of hydrogen-bond donors (Lipinski definition) is 0. The largest absolute Gasteiger partial charge is 0.511 e. The number of carbonyl (C=O) groups is 1. The summed E-state index contributed by atoms with van der Waals surface area (Å²) in [6.45, 7) is 7.28. The molecule has 0 N–H and O–H groups in total. The molecule has 1 aromatic heterocycles. The van der Waals surface area contributed by atoms with E-state index in [1.165, 1.54) is 4.68 Å². The summed E-state index contributed by atoms with van der Waals surface area (Å²) in [5.41, 5.74) is 2.50. The molecule has 1 atom stereocenters. The fraction of sp³-hybridized carbons (Fsp3) is 0.438. The Balaban J connectivity index is 0.00000338. The smallest absolute Gasteiger partial charge is 0.448 e. The molecule has 1 radical (unpaired) electrons. The van der Waals surface area contributed by atoms with Crippen LogP contribution in [0.2, 0.25) is 0 Å². The zero-order valence-electron chi connectivity index (χ0n) is 15.4. The monoisotopic (exact) mass is 435 g/mol. The summed E-state index contributed by atoms with van der Waals surface area (Å²) in [5, 5.41) is 11.1. The first-order valence-corrected chi connectivity index (χ1v) is 7.71. The number of aryl methyl sites for hydroxylation is 3. The number of aliphatic imine (C=N–C) groups is 1. The van der Waals surface area contributed by atoms with Gasteiger partial charge in [0.2, 0.25) is 6.29 Å². The Morgan fingerprint density at radius 1 is 1.35 bits per heavy atom. The molecule has 0 fully saturated rings. The molecule has 2 aromatic rings. The summed E-state index contributed by atoms with van der Waals surface area (Å²) in [6, 6.07) is 6.93. The molecular weight excluding hydrogens is 415 g/mol. The SMILES string of the molecule is CCOC(=O)OC(C)OC(=Nc1nnnn1C)c1ccc(C)[c-]c1C.[Y]. The van der Waals surface area contributed by atoms with E-state index in [-0.39, 0.29) is 51.2 Å². The van der Waals surface area contributed by atoms with Crippen molar-refractivity contribution in [2.45, 2.75) is 34.0 Å². The molecule has 0 amide bonds. The molecule has 10 heteroatoms. The Morgan fingerprint density at radius 2 is 2.08 bits per heavy atom. The fourth-order valence-electron chi connectivity index (χ4n) is 2.00. The summed E-state index contributed by atoms with van der Waals surface area (Å²) >= 11 is 0.